The number of nitrogens with zero attached hydrogens (tertiary/aromatic N) is 6. The van der Waals surface area contributed by atoms with E-state index in [1.54, 1.807) is 11.8 Å². The minimum absolute atomic E-state index is 0.143. The van der Waals surface area contributed by atoms with Crippen LogP contribution >= 0.6 is 0 Å². The predicted molar refractivity (Wildman–Crippen MR) is 149 cm³/mol. The Hall–Kier alpha value is -4.53. The lowest BCUT2D eigenvalue weighted by Gasteiger charge is -2.37. The van der Waals surface area contributed by atoms with Crippen LogP contribution in [0.5, 0.6) is 5.75 Å². The van der Waals surface area contributed by atoms with Crippen molar-refractivity contribution in [3.8, 4) is 28.4 Å². The van der Waals surface area contributed by atoms with Crippen molar-refractivity contribution in [2.45, 2.75) is 44.6 Å². The van der Waals surface area contributed by atoms with Crippen molar-refractivity contribution in [1.82, 2.24) is 30.2 Å². The molecular weight excluding hydrogens is 522 g/mol. The summed E-state index contributed by atoms with van der Waals surface area (Å²) < 4.78 is 36.2. The Balaban J connectivity index is 1.25. The Bertz CT molecular complexity index is 1760. The molecule has 0 N–H and O–H groups in total. The van der Waals surface area contributed by atoms with Gasteiger partial charge < -0.3 is 4.74 Å². The molecule has 1 saturated carbocycles. The van der Waals surface area contributed by atoms with E-state index in [9.17, 15) is 8.78 Å². The van der Waals surface area contributed by atoms with Gasteiger partial charge in [-0.2, -0.15) is 5.10 Å². The summed E-state index contributed by atoms with van der Waals surface area (Å²) in [7, 11) is 1.65. The molecule has 0 aliphatic heterocycles. The van der Waals surface area contributed by atoms with E-state index >= 15 is 0 Å². The molecule has 7 nitrogen and oxygen atoms in total. The second kappa shape index (κ2) is 9.26. The number of hydrogen-bond donors (Lipinski definition) is 0. The van der Waals surface area contributed by atoms with Gasteiger partial charge in [-0.15, -0.1) is 10.2 Å². The highest BCUT2D eigenvalue weighted by Gasteiger charge is 2.65. The third-order valence-corrected chi connectivity index (χ3v) is 9.09. The van der Waals surface area contributed by atoms with Gasteiger partial charge >= 0.3 is 0 Å². The number of aromatic nitrogens is 6. The van der Waals surface area contributed by atoms with E-state index in [0.29, 0.717) is 12.2 Å². The fraction of sp³-hybridized carbons (Fsp3) is 0.281. The SMILES string of the molecule is COc1ccc(Cn2cc(-c3cccc([C@@]45CC[C@@H](c6cc(-c7c(F)cccc7F)nnc64)C5(C)C)n3)nn2)cc1. The molecule has 3 heterocycles. The summed E-state index contributed by atoms with van der Waals surface area (Å²) in [6.07, 6.45) is 3.68. The first kappa shape index (κ1) is 25.4. The van der Waals surface area contributed by atoms with Crippen molar-refractivity contribution in [3.05, 3.63) is 107 Å². The van der Waals surface area contributed by atoms with Gasteiger partial charge in [0.15, 0.2) is 0 Å². The van der Waals surface area contributed by atoms with Crippen LogP contribution in [-0.2, 0) is 12.0 Å². The molecular formula is C32H28F2N6O. The third kappa shape index (κ3) is 3.78. The van der Waals surface area contributed by atoms with Crippen molar-refractivity contribution in [2.75, 3.05) is 7.11 Å². The van der Waals surface area contributed by atoms with Crippen LogP contribution in [0.2, 0.25) is 0 Å². The summed E-state index contributed by atoms with van der Waals surface area (Å²) in [5.41, 5.74) is 4.57. The first-order valence-electron chi connectivity index (χ1n) is 13.7. The van der Waals surface area contributed by atoms with Gasteiger partial charge in [0.05, 0.1) is 53.6 Å². The molecule has 9 heteroatoms. The standard InChI is InChI=1S/C32H28F2N6O/c1-31(2)22-14-15-32(31,30-21(22)16-26(36-38-30)29-23(33)6-4-7-24(29)34)28-9-5-8-25(35-28)27-18-40(39-37-27)17-19-10-12-20(41-3)13-11-19/h4-13,16,18,22H,14-15,17H2,1-3H3/t22-,32-/m0/s1. The van der Waals surface area contributed by atoms with Crippen LogP contribution in [0.25, 0.3) is 22.6 Å². The number of rotatable bonds is 6. The second-order valence-electron chi connectivity index (χ2n) is 11.4. The highest BCUT2D eigenvalue weighted by molar-refractivity contribution is 5.64. The molecule has 2 atom stereocenters. The van der Waals surface area contributed by atoms with Crippen molar-refractivity contribution >= 4 is 0 Å². The van der Waals surface area contributed by atoms with Crippen LogP contribution in [0.4, 0.5) is 8.78 Å². The molecule has 7 rings (SSSR count). The van der Waals surface area contributed by atoms with Crippen molar-refractivity contribution in [1.29, 1.82) is 0 Å². The quantitative estimate of drug-likeness (QED) is 0.246. The van der Waals surface area contributed by atoms with Gasteiger partial charge in [0.1, 0.15) is 23.1 Å². The number of benzene rings is 2. The van der Waals surface area contributed by atoms with E-state index in [2.05, 4.69) is 34.4 Å². The zero-order valence-electron chi connectivity index (χ0n) is 23.0. The third-order valence-electron chi connectivity index (χ3n) is 9.09. The van der Waals surface area contributed by atoms with E-state index in [4.69, 9.17) is 9.72 Å². The summed E-state index contributed by atoms with van der Waals surface area (Å²) in [6, 6.07) is 19.5. The highest BCUT2D eigenvalue weighted by Crippen LogP contribution is 2.69. The second-order valence-corrected chi connectivity index (χ2v) is 11.4. The normalized spacial score (nSPS) is 20.3. The molecule has 2 aliphatic carbocycles. The molecule has 1 fully saturated rings. The van der Waals surface area contributed by atoms with Gasteiger partial charge in [-0.05, 0) is 77.8 Å². The fourth-order valence-corrected chi connectivity index (χ4v) is 6.98. The lowest BCUT2D eigenvalue weighted by atomic mass is 9.66. The van der Waals surface area contributed by atoms with Crippen LogP contribution in [0, 0.1) is 17.0 Å². The fourth-order valence-electron chi connectivity index (χ4n) is 6.98. The number of hydrogen-bond acceptors (Lipinski definition) is 6. The van der Waals surface area contributed by atoms with Crippen LogP contribution in [0.1, 0.15) is 55.1 Å². The number of methoxy groups -OCH3 is 1. The van der Waals surface area contributed by atoms with Gasteiger partial charge in [0.25, 0.3) is 0 Å². The molecule has 0 unspecified atom stereocenters. The first-order chi connectivity index (χ1) is 19.8. The molecule has 0 saturated heterocycles. The van der Waals surface area contributed by atoms with Gasteiger partial charge in [-0.1, -0.05) is 43.3 Å². The minimum Gasteiger partial charge on any atom is -0.497 e. The number of pyridine rings is 1. The van der Waals surface area contributed by atoms with Crippen LogP contribution in [-0.4, -0.2) is 37.3 Å². The molecule has 3 aromatic heterocycles. The topological polar surface area (TPSA) is 78.6 Å². The van der Waals surface area contributed by atoms with Crippen LogP contribution in [0.15, 0.2) is 72.9 Å². The van der Waals surface area contributed by atoms with E-state index in [1.165, 1.54) is 18.2 Å². The van der Waals surface area contributed by atoms with E-state index in [1.807, 2.05) is 54.7 Å². The number of fused-ring (bicyclic) bond motifs is 5. The zero-order chi connectivity index (χ0) is 28.4. The Kier molecular flexibility index (Phi) is 5.74. The molecule has 0 spiro atoms. The Labute approximate surface area is 236 Å². The number of ether oxygens (including phenoxy) is 1. The summed E-state index contributed by atoms with van der Waals surface area (Å²) in [5.74, 6) is -0.326. The maximum atomic E-state index is 14.6. The monoisotopic (exact) mass is 550 g/mol. The van der Waals surface area contributed by atoms with Gasteiger partial charge in [0.2, 0.25) is 0 Å². The van der Waals surface area contributed by atoms with E-state index in [0.717, 1.165) is 46.8 Å². The average Bonchev–Trinajstić information content (AvgIpc) is 3.61. The molecule has 0 radical (unpaired) electrons. The van der Waals surface area contributed by atoms with E-state index < -0.39 is 17.0 Å². The molecule has 2 aromatic carbocycles. The highest BCUT2D eigenvalue weighted by atomic mass is 19.1. The Morgan fingerprint density at radius 3 is 2.41 bits per heavy atom. The number of halogens is 2. The maximum absolute atomic E-state index is 14.6. The first-order valence-corrected chi connectivity index (χ1v) is 13.7. The zero-order valence-corrected chi connectivity index (χ0v) is 23.0. The predicted octanol–water partition coefficient (Wildman–Crippen LogP) is 6.34. The van der Waals surface area contributed by atoms with Crippen LogP contribution in [0.3, 0.4) is 0 Å². The molecule has 2 bridgehead atoms. The lowest BCUT2D eigenvalue weighted by molar-refractivity contribution is 0.243. The van der Waals surface area contributed by atoms with Crippen LogP contribution < -0.4 is 4.74 Å². The average molecular weight is 551 g/mol. The molecule has 41 heavy (non-hydrogen) atoms. The molecule has 206 valence electrons. The summed E-state index contributed by atoms with van der Waals surface area (Å²) in [4.78, 5) is 5.12. The molecule has 2 aliphatic rings. The van der Waals surface area contributed by atoms with Crippen molar-refractivity contribution < 1.29 is 13.5 Å². The van der Waals surface area contributed by atoms with Gasteiger partial charge in [-0.25, -0.2) is 13.5 Å². The lowest BCUT2D eigenvalue weighted by Crippen LogP contribution is -2.37. The Morgan fingerprint density at radius 1 is 0.902 bits per heavy atom. The van der Waals surface area contributed by atoms with Crippen molar-refractivity contribution in [3.63, 3.8) is 0 Å². The summed E-state index contributed by atoms with van der Waals surface area (Å²) in [5, 5.41) is 17.7. The minimum atomic E-state index is -0.647. The molecule has 5 aromatic rings. The summed E-state index contributed by atoms with van der Waals surface area (Å²) in [6.45, 7) is 5.04. The van der Waals surface area contributed by atoms with Crippen molar-refractivity contribution in [2.24, 2.45) is 5.41 Å². The van der Waals surface area contributed by atoms with E-state index in [-0.39, 0.29) is 22.6 Å². The van der Waals surface area contributed by atoms with Gasteiger partial charge in [-0.3, -0.25) is 4.98 Å². The Morgan fingerprint density at radius 2 is 1.66 bits per heavy atom. The maximum Gasteiger partial charge on any atom is 0.135 e. The summed E-state index contributed by atoms with van der Waals surface area (Å²) >= 11 is 0. The molecule has 0 amide bonds. The smallest absolute Gasteiger partial charge is 0.135 e. The van der Waals surface area contributed by atoms with Gasteiger partial charge in [0, 0.05) is 0 Å². The largest absolute Gasteiger partial charge is 0.497 e.